The van der Waals surface area contributed by atoms with Crippen molar-refractivity contribution >= 4 is 7.60 Å². The maximum absolute atomic E-state index is 9.22. The molecule has 0 aliphatic carbocycles. The van der Waals surface area contributed by atoms with E-state index in [0.717, 1.165) is 6.66 Å². The van der Waals surface area contributed by atoms with Gasteiger partial charge in [-0.05, 0) is 0 Å². The van der Waals surface area contributed by atoms with Crippen molar-refractivity contribution < 1.29 is 43.9 Å². The monoisotopic (exact) mass is 118 g/mol. The van der Waals surface area contributed by atoms with Crippen molar-refractivity contribution in [1.82, 2.24) is 0 Å². The van der Waals surface area contributed by atoms with E-state index in [1.807, 2.05) is 0 Å². The summed E-state index contributed by atoms with van der Waals surface area (Å²) >= 11 is 0. The van der Waals surface area contributed by atoms with Gasteiger partial charge in [0.05, 0.1) is 0 Å². The molecule has 0 saturated heterocycles. The summed E-state index contributed by atoms with van der Waals surface area (Å²) in [7, 11) is -3.89. The number of rotatable bonds is 0. The molecule has 0 aromatic heterocycles. The zero-order chi connectivity index (χ0) is 4.50. The molecule has 0 bridgehead atoms. The molecule has 1 atom stereocenters. The van der Waals surface area contributed by atoms with Gasteiger partial charge in [-0.25, -0.2) is 0 Å². The van der Waals surface area contributed by atoms with E-state index in [2.05, 4.69) is 0 Å². The van der Waals surface area contributed by atoms with Gasteiger partial charge in [0.1, 0.15) is 7.60 Å². The van der Waals surface area contributed by atoms with Crippen LogP contribution in [0.2, 0.25) is 0 Å². The van der Waals surface area contributed by atoms with E-state index in [-0.39, 0.29) is 29.6 Å². The zero-order valence-electron chi connectivity index (χ0n) is 3.71. The van der Waals surface area contributed by atoms with Crippen LogP contribution in [-0.2, 0) is 4.57 Å². The second kappa shape index (κ2) is 3.19. The van der Waals surface area contributed by atoms with Crippen molar-refractivity contribution in [3.63, 3.8) is 0 Å². The van der Waals surface area contributed by atoms with Crippen molar-refractivity contribution in [2.45, 2.75) is 0 Å². The maximum Gasteiger partial charge on any atom is 1.00 e. The van der Waals surface area contributed by atoms with Gasteiger partial charge in [-0.15, -0.1) is 0 Å². The first kappa shape index (κ1) is 10.2. The molecule has 0 heterocycles. The third-order valence-corrected chi connectivity index (χ3v) is 0. The second-order valence-electron chi connectivity index (χ2n) is 0.803. The molecule has 0 rings (SSSR count). The SMILES string of the molecule is CP(=O)([O-])O.[Na+]. The van der Waals surface area contributed by atoms with Gasteiger partial charge < -0.3 is 14.4 Å². The fourth-order valence-corrected chi connectivity index (χ4v) is 0. The quantitative estimate of drug-likeness (QED) is 0.262. The van der Waals surface area contributed by atoms with Crippen LogP contribution in [-0.4, -0.2) is 11.6 Å². The summed E-state index contributed by atoms with van der Waals surface area (Å²) in [4.78, 5) is 16.7. The van der Waals surface area contributed by atoms with Crippen LogP contribution in [0.15, 0.2) is 0 Å². The van der Waals surface area contributed by atoms with Gasteiger partial charge in [0, 0.05) is 6.66 Å². The van der Waals surface area contributed by atoms with Crippen LogP contribution in [0.4, 0.5) is 0 Å². The molecule has 1 unspecified atom stereocenters. The largest absolute Gasteiger partial charge is 1.00 e. The van der Waals surface area contributed by atoms with Gasteiger partial charge in [-0.2, -0.15) is 0 Å². The van der Waals surface area contributed by atoms with E-state index in [1.165, 1.54) is 0 Å². The number of hydrogen-bond acceptors (Lipinski definition) is 2. The topological polar surface area (TPSA) is 60.4 Å². The Kier molecular flexibility index (Phi) is 5.42. The molecule has 1 N–H and O–H groups in total. The van der Waals surface area contributed by atoms with Crippen molar-refractivity contribution in [3.05, 3.63) is 0 Å². The summed E-state index contributed by atoms with van der Waals surface area (Å²) in [5, 5.41) is 0. The standard InChI is InChI=1S/CH5O3P.Na/c1-5(2,3)4;/h1H3,(H2,2,3,4);/q;+1/p-1. The van der Waals surface area contributed by atoms with Gasteiger partial charge in [0.25, 0.3) is 0 Å². The Hall–Kier alpha value is 1.15. The Morgan fingerprint density at radius 3 is 1.83 bits per heavy atom. The maximum atomic E-state index is 9.22. The molecule has 0 aromatic rings. The van der Waals surface area contributed by atoms with Crippen LogP contribution in [0.3, 0.4) is 0 Å². The Morgan fingerprint density at radius 1 is 1.83 bits per heavy atom. The molecule has 3 nitrogen and oxygen atoms in total. The first-order valence-corrected chi connectivity index (χ1v) is 3.04. The summed E-state index contributed by atoms with van der Waals surface area (Å²) in [6.07, 6.45) is 0. The second-order valence-corrected chi connectivity index (χ2v) is 2.41. The van der Waals surface area contributed by atoms with Crippen molar-refractivity contribution in [2.24, 2.45) is 0 Å². The molecule has 6 heavy (non-hydrogen) atoms. The molecule has 5 heteroatoms. The molecule has 0 aliphatic rings. The molecule has 0 aromatic carbocycles. The summed E-state index contributed by atoms with van der Waals surface area (Å²) in [5.41, 5.74) is 0. The summed E-state index contributed by atoms with van der Waals surface area (Å²) < 4.78 is 9.22. The van der Waals surface area contributed by atoms with Gasteiger partial charge in [0.2, 0.25) is 0 Å². The first-order chi connectivity index (χ1) is 2.00. The van der Waals surface area contributed by atoms with Gasteiger partial charge in [0.15, 0.2) is 0 Å². The minimum atomic E-state index is -3.89. The van der Waals surface area contributed by atoms with Gasteiger partial charge >= 0.3 is 29.6 Å². The average molecular weight is 118 g/mol. The molecule has 0 fully saturated rings. The molecule has 0 radical (unpaired) electrons. The van der Waals surface area contributed by atoms with E-state index >= 15 is 0 Å². The van der Waals surface area contributed by atoms with E-state index < -0.39 is 7.60 Å². The molecule has 0 spiro atoms. The zero-order valence-corrected chi connectivity index (χ0v) is 6.61. The van der Waals surface area contributed by atoms with Crippen LogP contribution in [0.1, 0.15) is 0 Å². The molecular formula is CH4NaO3P. The molecular weight excluding hydrogens is 114 g/mol. The Bertz CT molecular complexity index is 56.9. The van der Waals surface area contributed by atoms with Gasteiger partial charge in [-0.3, -0.25) is 0 Å². The van der Waals surface area contributed by atoms with Crippen LogP contribution in [0.25, 0.3) is 0 Å². The molecule has 32 valence electrons. The Morgan fingerprint density at radius 2 is 1.83 bits per heavy atom. The van der Waals surface area contributed by atoms with E-state index in [1.54, 1.807) is 0 Å². The first-order valence-electron chi connectivity index (χ1n) is 1.01. The third kappa shape index (κ3) is 67.1. The summed E-state index contributed by atoms with van der Waals surface area (Å²) in [6.45, 7) is 0.743. The fourth-order valence-electron chi connectivity index (χ4n) is 0. The third-order valence-electron chi connectivity index (χ3n) is 0. The fraction of sp³-hybridized carbons (Fsp3) is 1.00. The number of hydrogen-bond donors (Lipinski definition) is 1. The van der Waals surface area contributed by atoms with Crippen LogP contribution < -0.4 is 34.5 Å². The molecule has 0 aliphatic heterocycles. The summed E-state index contributed by atoms with van der Waals surface area (Å²) in [6, 6.07) is 0. The van der Waals surface area contributed by atoms with Crippen LogP contribution in [0.5, 0.6) is 0 Å². The van der Waals surface area contributed by atoms with Crippen LogP contribution in [0, 0.1) is 0 Å². The van der Waals surface area contributed by atoms with E-state index in [4.69, 9.17) is 4.89 Å². The predicted molar refractivity (Wildman–Crippen MR) is 15.7 cm³/mol. The van der Waals surface area contributed by atoms with Crippen molar-refractivity contribution in [3.8, 4) is 0 Å². The van der Waals surface area contributed by atoms with E-state index in [9.17, 15) is 9.46 Å². The smallest absolute Gasteiger partial charge is 0.779 e. The van der Waals surface area contributed by atoms with Crippen LogP contribution >= 0.6 is 7.60 Å². The molecule has 0 amide bonds. The summed E-state index contributed by atoms with van der Waals surface area (Å²) in [5.74, 6) is 0. The normalized spacial score (nSPS) is 17.8. The van der Waals surface area contributed by atoms with Gasteiger partial charge in [-0.1, -0.05) is 0 Å². The minimum absolute atomic E-state index is 0. The minimum Gasteiger partial charge on any atom is -0.779 e. The van der Waals surface area contributed by atoms with Crippen molar-refractivity contribution in [2.75, 3.05) is 6.66 Å². The Labute approximate surface area is 58.2 Å². The van der Waals surface area contributed by atoms with Crippen molar-refractivity contribution in [1.29, 1.82) is 0 Å². The average Bonchev–Trinajstić information content (AvgIpc) is 0.722. The predicted octanol–water partition coefficient (Wildman–Crippen LogP) is -3.83. The molecule has 0 saturated carbocycles. The van der Waals surface area contributed by atoms with E-state index in [0.29, 0.717) is 0 Å². The Balaban J connectivity index is 0.